The van der Waals surface area contributed by atoms with Crippen LogP contribution in [0.3, 0.4) is 0 Å². The molecule has 1 amide bonds. The van der Waals surface area contributed by atoms with Crippen LogP contribution in [0.1, 0.15) is 36.5 Å². The van der Waals surface area contributed by atoms with Gasteiger partial charge in [-0.15, -0.1) is 11.8 Å². The van der Waals surface area contributed by atoms with Crippen LogP contribution in [0.5, 0.6) is 0 Å². The summed E-state index contributed by atoms with van der Waals surface area (Å²) in [6, 6.07) is 5.89. The quantitative estimate of drug-likeness (QED) is 0.850. The van der Waals surface area contributed by atoms with Crippen LogP contribution in [-0.4, -0.2) is 18.2 Å². The predicted molar refractivity (Wildman–Crippen MR) is 77.5 cm³/mol. The van der Waals surface area contributed by atoms with E-state index >= 15 is 0 Å². The van der Waals surface area contributed by atoms with E-state index in [4.69, 9.17) is 11.6 Å². The Kier molecular flexibility index (Phi) is 4.57. The van der Waals surface area contributed by atoms with E-state index in [1.807, 2.05) is 18.4 Å². The standard InChI is InChI=1S/C14H18ClNOS/c1-9-3-4-10(7-9)16-14(17)12-8-11(18-2)5-6-13(12)15/h5-6,8-10H,3-4,7H2,1-2H3,(H,16,17). The number of rotatable bonds is 3. The van der Waals surface area contributed by atoms with Gasteiger partial charge in [-0.05, 0) is 49.6 Å². The number of benzene rings is 1. The molecule has 1 aliphatic rings. The normalized spacial score (nSPS) is 23.1. The number of hydrogen-bond acceptors (Lipinski definition) is 2. The van der Waals surface area contributed by atoms with Gasteiger partial charge in [0.05, 0.1) is 10.6 Å². The summed E-state index contributed by atoms with van der Waals surface area (Å²) in [6.07, 6.45) is 5.34. The first-order chi connectivity index (χ1) is 8.60. The Balaban J connectivity index is 2.08. The Bertz CT molecular complexity index is 449. The number of carbonyl (C=O) groups is 1. The van der Waals surface area contributed by atoms with Crippen molar-refractivity contribution in [2.24, 2.45) is 5.92 Å². The average molecular weight is 284 g/mol. The highest BCUT2D eigenvalue weighted by atomic mass is 35.5. The molecule has 2 nitrogen and oxygen atoms in total. The van der Waals surface area contributed by atoms with Crippen molar-refractivity contribution in [1.29, 1.82) is 0 Å². The van der Waals surface area contributed by atoms with Gasteiger partial charge in [0.2, 0.25) is 0 Å². The SMILES string of the molecule is CSc1ccc(Cl)c(C(=O)NC2CCC(C)C2)c1. The van der Waals surface area contributed by atoms with Crippen LogP contribution in [0.4, 0.5) is 0 Å². The van der Waals surface area contributed by atoms with Gasteiger partial charge in [-0.25, -0.2) is 0 Å². The molecule has 2 atom stereocenters. The molecule has 98 valence electrons. The van der Waals surface area contributed by atoms with Crippen molar-refractivity contribution in [3.63, 3.8) is 0 Å². The van der Waals surface area contributed by atoms with Crippen LogP contribution in [0.2, 0.25) is 5.02 Å². The molecule has 4 heteroatoms. The zero-order chi connectivity index (χ0) is 13.1. The molecule has 0 heterocycles. The largest absolute Gasteiger partial charge is 0.349 e. The molecule has 2 unspecified atom stereocenters. The number of thioether (sulfide) groups is 1. The summed E-state index contributed by atoms with van der Waals surface area (Å²) in [5.41, 5.74) is 0.586. The lowest BCUT2D eigenvalue weighted by molar-refractivity contribution is 0.0937. The summed E-state index contributed by atoms with van der Waals surface area (Å²) in [7, 11) is 0. The van der Waals surface area contributed by atoms with Gasteiger partial charge in [0.15, 0.2) is 0 Å². The van der Waals surface area contributed by atoms with E-state index in [1.54, 1.807) is 17.8 Å². The summed E-state index contributed by atoms with van der Waals surface area (Å²) >= 11 is 7.71. The summed E-state index contributed by atoms with van der Waals surface area (Å²) in [6.45, 7) is 2.23. The van der Waals surface area contributed by atoms with Crippen molar-refractivity contribution in [2.45, 2.75) is 37.1 Å². The zero-order valence-corrected chi connectivity index (χ0v) is 12.3. The lowest BCUT2D eigenvalue weighted by Crippen LogP contribution is -2.33. The minimum atomic E-state index is -0.0463. The van der Waals surface area contributed by atoms with E-state index in [0.29, 0.717) is 22.5 Å². The lowest BCUT2D eigenvalue weighted by Gasteiger charge is -2.13. The van der Waals surface area contributed by atoms with Gasteiger partial charge < -0.3 is 5.32 Å². The van der Waals surface area contributed by atoms with Gasteiger partial charge in [-0.1, -0.05) is 18.5 Å². The first-order valence-corrected chi connectivity index (χ1v) is 7.85. The fraction of sp³-hybridized carbons (Fsp3) is 0.500. The molecule has 1 aromatic rings. The number of nitrogens with one attached hydrogen (secondary N) is 1. The minimum absolute atomic E-state index is 0.0463. The number of hydrogen-bond donors (Lipinski definition) is 1. The Hall–Kier alpha value is -0.670. The molecular formula is C14H18ClNOS. The van der Waals surface area contributed by atoms with Crippen molar-refractivity contribution >= 4 is 29.3 Å². The second-order valence-corrected chi connectivity index (χ2v) is 6.22. The van der Waals surface area contributed by atoms with Gasteiger partial charge in [0.25, 0.3) is 5.91 Å². The predicted octanol–water partition coefficient (Wildman–Crippen LogP) is 3.98. The molecule has 0 aliphatic heterocycles. The average Bonchev–Trinajstić information content (AvgIpc) is 2.75. The first kappa shape index (κ1) is 13.8. The van der Waals surface area contributed by atoms with Crippen molar-refractivity contribution in [1.82, 2.24) is 5.32 Å². The molecular weight excluding hydrogens is 266 g/mol. The maximum atomic E-state index is 12.2. The summed E-state index contributed by atoms with van der Waals surface area (Å²) in [4.78, 5) is 13.3. The van der Waals surface area contributed by atoms with Crippen LogP contribution in [-0.2, 0) is 0 Å². The van der Waals surface area contributed by atoms with Crippen LogP contribution in [0.15, 0.2) is 23.1 Å². The van der Waals surface area contributed by atoms with Crippen molar-refractivity contribution in [3.8, 4) is 0 Å². The van der Waals surface area contributed by atoms with Crippen LogP contribution in [0, 0.1) is 5.92 Å². The molecule has 1 fully saturated rings. The van der Waals surface area contributed by atoms with Gasteiger partial charge in [0.1, 0.15) is 0 Å². The van der Waals surface area contributed by atoms with E-state index in [2.05, 4.69) is 12.2 Å². The Labute approximate surface area is 117 Å². The van der Waals surface area contributed by atoms with Crippen LogP contribution < -0.4 is 5.32 Å². The van der Waals surface area contributed by atoms with Crippen molar-refractivity contribution in [3.05, 3.63) is 28.8 Å². The molecule has 2 rings (SSSR count). The second kappa shape index (κ2) is 5.98. The monoisotopic (exact) mass is 283 g/mol. The van der Waals surface area contributed by atoms with E-state index in [0.717, 1.165) is 17.7 Å². The Morgan fingerprint density at radius 3 is 2.83 bits per heavy atom. The number of amides is 1. The van der Waals surface area contributed by atoms with Gasteiger partial charge in [-0.3, -0.25) is 4.79 Å². The maximum absolute atomic E-state index is 12.2. The Morgan fingerprint density at radius 1 is 1.44 bits per heavy atom. The highest BCUT2D eigenvalue weighted by Gasteiger charge is 2.23. The molecule has 0 bridgehead atoms. The van der Waals surface area contributed by atoms with Crippen molar-refractivity contribution in [2.75, 3.05) is 6.26 Å². The third-order valence-corrected chi connectivity index (χ3v) is 4.50. The van der Waals surface area contributed by atoms with Gasteiger partial charge >= 0.3 is 0 Å². The van der Waals surface area contributed by atoms with Gasteiger partial charge in [-0.2, -0.15) is 0 Å². The number of halogens is 1. The third kappa shape index (κ3) is 3.21. The lowest BCUT2D eigenvalue weighted by atomic mass is 10.1. The molecule has 18 heavy (non-hydrogen) atoms. The van der Waals surface area contributed by atoms with E-state index in [-0.39, 0.29) is 5.91 Å². The number of carbonyl (C=O) groups excluding carboxylic acids is 1. The molecule has 1 saturated carbocycles. The summed E-state index contributed by atoms with van der Waals surface area (Å²) in [5.74, 6) is 0.665. The highest BCUT2D eigenvalue weighted by molar-refractivity contribution is 7.98. The fourth-order valence-electron chi connectivity index (χ4n) is 2.41. The topological polar surface area (TPSA) is 29.1 Å². The van der Waals surface area contributed by atoms with E-state index in [9.17, 15) is 4.79 Å². The van der Waals surface area contributed by atoms with E-state index in [1.165, 1.54) is 6.42 Å². The Morgan fingerprint density at radius 2 is 2.22 bits per heavy atom. The van der Waals surface area contributed by atoms with Gasteiger partial charge in [0, 0.05) is 10.9 Å². The minimum Gasteiger partial charge on any atom is -0.349 e. The first-order valence-electron chi connectivity index (χ1n) is 6.24. The molecule has 0 aromatic heterocycles. The third-order valence-electron chi connectivity index (χ3n) is 3.45. The van der Waals surface area contributed by atoms with Crippen LogP contribution in [0.25, 0.3) is 0 Å². The highest BCUT2D eigenvalue weighted by Crippen LogP contribution is 2.26. The molecule has 1 N–H and O–H groups in total. The summed E-state index contributed by atoms with van der Waals surface area (Å²) in [5, 5.41) is 3.61. The maximum Gasteiger partial charge on any atom is 0.253 e. The summed E-state index contributed by atoms with van der Waals surface area (Å²) < 4.78 is 0. The molecule has 0 radical (unpaired) electrons. The van der Waals surface area contributed by atoms with Crippen LogP contribution >= 0.6 is 23.4 Å². The second-order valence-electron chi connectivity index (χ2n) is 4.93. The fourth-order valence-corrected chi connectivity index (χ4v) is 3.05. The zero-order valence-electron chi connectivity index (χ0n) is 10.7. The van der Waals surface area contributed by atoms with Crippen molar-refractivity contribution < 1.29 is 4.79 Å². The van der Waals surface area contributed by atoms with E-state index < -0.39 is 0 Å². The molecule has 1 aliphatic carbocycles. The molecule has 1 aromatic carbocycles. The molecule has 0 spiro atoms. The smallest absolute Gasteiger partial charge is 0.253 e. The molecule has 0 saturated heterocycles.